The highest BCUT2D eigenvalue weighted by atomic mass is 35.5. The van der Waals surface area contributed by atoms with E-state index in [2.05, 4.69) is 5.32 Å². The molecule has 0 aliphatic carbocycles. The third-order valence-corrected chi connectivity index (χ3v) is 4.27. The minimum Gasteiger partial charge on any atom is -0.392 e. The molecule has 0 fully saturated rings. The summed E-state index contributed by atoms with van der Waals surface area (Å²) in [5, 5.41) is 3.64. The Balaban J connectivity index is 2.80. The van der Waals surface area contributed by atoms with Crippen LogP contribution in [0.2, 0.25) is 5.02 Å². The highest BCUT2D eigenvalue weighted by molar-refractivity contribution is 7.80. The number of nitrogens with two attached hydrogens (primary N) is 1. The lowest BCUT2D eigenvalue weighted by atomic mass is 9.78. The number of hydrogen-bond donors (Lipinski definition) is 2. The van der Waals surface area contributed by atoms with Gasteiger partial charge >= 0.3 is 0 Å². The standard InChI is InChI=1S/C16H23ClN2OS/c1-3-9-16(10-4-2,14(18)21)15(20)19-11-12-5-7-13(17)8-6-12/h5-8H,3-4,9-11H2,1-2H3,(H2,18,21)(H,19,20). The van der Waals surface area contributed by atoms with Crippen LogP contribution in [0.3, 0.4) is 0 Å². The Morgan fingerprint density at radius 3 is 2.19 bits per heavy atom. The van der Waals surface area contributed by atoms with Gasteiger partial charge in [0.05, 0.1) is 10.4 Å². The third-order valence-electron chi connectivity index (χ3n) is 3.63. The Bertz CT molecular complexity index is 482. The summed E-state index contributed by atoms with van der Waals surface area (Å²) in [6.07, 6.45) is 3.10. The van der Waals surface area contributed by atoms with Crippen LogP contribution < -0.4 is 11.1 Å². The first-order valence-electron chi connectivity index (χ1n) is 7.29. The van der Waals surface area contributed by atoms with Gasteiger partial charge in [0, 0.05) is 11.6 Å². The lowest BCUT2D eigenvalue weighted by Crippen LogP contribution is -2.48. The van der Waals surface area contributed by atoms with Crippen molar-refractivity contribution >= 4 is 34.7 Å². The van der Waals surface area contributed by atoms with Gasteiger partial charge in [-0.2, -0.15) is 0 Å². The number of amides is 1. The maximum atomic E-state index is 12.6. The number of halogens is 1. The monoisotopic (exact) mass is 326 g/mol. The van der Waals surface area contributed by atoms with E-state index in [1.54, 1.807) is 0 Å². The van der Waals surface area contributed by atoms with Crippen molar-refractivity contribution in [2.45, 2.75) is 46.1 Å². The van der Waals surface area contributed by atoms with Crippen LogP contribution in [0.15, 0.2) is 24.3 Å². The van der Waals surface area contributed by atoms with E-state index in [9.17, 15) is 4.79 Å². The molecule has 1 amide bonds. The van der Waals surface area contributed by atoms with Gasteiger partial charge < -0.3 is 11.1 Å². The highest BCUT2D eigenvalue weighted by Gasteiger charge is 2.39. The fraction of sp³-hybridized carbons (Fsp3) is 0.500. The van der Waals surface area contributed by atoms with Crippen LogP contribution >= 0.6 is 23.8 Å². The predicted molar refractivity (Wildman–Crippen MR) is 92.3 cm³/mol. The highest BCUT2D eigenvalue weighted by Crippen LogP contribution is 2.31. The summed E-state index contributed by atoms with van der Waals surface area (Å²) in [6.45, 7) is 4.53. The molecule has 0 aliphatic heterocycles. The molecule has 116 valence electrons. The van der Waals surface area contributed by atoms with Crippen molar-refractivity contribution in [2.24, 2.45) is 11.1 Å². The first kappa shape index (κ1) is 17.9. The fourth-order valence-electron chi connectivity index (χ4n) is 2.52. The van der Waals surface area contributed by atoms with Crippen molar-refractivity contribution in [3.8, 4) is 0 Å². The molecule has 0 saturated heterocycles. The SMILES string of the molecule is CCCC(CCC)(C(=O)NCc1ccc(Cl)cc1)C(N)=S. The molecule has 3 N–H and O–H groups in total. The van der Waals surface area contributed by atoms with Crippen molar-refractivity contribution in [2.75, 3.05) is 0 Å². The van der Waals surface area contributed by atoms with Crippen LogP contribution in [0, 0.1) is 5.41 Å². The largest absolute Gasteiger partial charge is 0.392 e. The zero-order chi connectivity index (χ0) is 15.9. The quantitative estimate of drug-likeness (QED) is 0.714. The van der Waals surface area contributed by atoms with Gasteiger partial charge in [-0.05, 0) is 30.5 Å². The van der Waals surface area contributed by atoms with E-state index in [0.717, 1.165) is 18.4 Å². The molecule has 0 saturated carbocycles. The summed E-state index contributed by atoms with van der Waals surface area (Å²) in [6, 6.07) is 7.40. The van der Waals surface area contributed by atoms with Gasteiger partial charge in [0.1, 0.15) is 0 Å². The third kappa shape index (κ3) is 4.68. The molecule has 0 aliphatic rings. The van der Waals surface area contributed by atoms with Gasteiger partial charge in [0.2, 0.25) is 5.91 Å². The summed E-state index contributed by atoms with van der Waals surface area (Å²) in [5.74, 6) is -0.0753. The Labute approximate surface area is 137 Å². The molecule has 0 unspecified atom stereocenters. The zero-order valence-electron chi connectivity index (χ0n) is 12.6. The maximum Gasteiger partial charge on any atom is 0.233 e. The van der Waals surface area contributed by atoms with E-state index in [1.165, 1.54) is 0 Å². The number of nitrogens with one attached hydrogen (secondary N) is 1. The first-order chi connectivity index (χ1) is 9.96. The molecule has 5 heteroatoms. The zero-order valence-corrected chi connectivity index (χ0v) is 14.2. The van der Waals surface area contributed by atoms with E-state index in [0.29, 0.717) is 29.4 Å². The second-order valence-electron chi connectivity index (χ2n) is 5.26. The van der Waals surface area contributed by atoms with Crippen molar-refractivity contribution < 1.29 is 4.79 Å². The molecule has 0 aromatic heterocycles. The Hall–Kier alpha value is -1.13. The Kier molecular flexibility index (Phi) is 7.12. The van der Waals surface area contributed by atoms with E-state index < -0.39 is 5.41 Å². The molecular weight excluding hydrogens is 304 g/mol. The van der Waals surface area contributed by atoms with Crippen LogP contribution in [0.5, 0.6) is 0 Å². The fourth-order valence-corrected chi connectivity index (χ4v) is 2.94. The lowest BCUT2D eigenvalue weighted by molar-refractivity contribution is -0.128. The van der Waals surface area contributed by atoms with Crippen LogP contribution in [0.25, 0.3) is 0 Å². The van der Waals surface area contributed by atoms with E-state index in [1.807, 2.05) is 38.1 Å². The number of benzene rings is 1. The number of thiocarbonyl (C=S) groups is 1. The van der Waals surface area contributed by atoms with E-state index >= 15 is 0 Å². The molecule has 1 aromatic rings. The number of hydrogen-bond acceptors (Lipinski definition) is 2. The molecule has 0 spiro atoms. The van der Waals surface area contributed by atoms with Crippen LogP contribution in [-0.2, 0) is 11.3 Å². The van der Waals surface area contributed by atoms with Gasteiger partial charge in [-0.3, -0.25) is 4.79 Å². The lowest BCUT2D eigenvalue weighted by Gasteiger charge is -2.31. The Morgan fingerprint density at radius 2 is 1.76 bits per heavy atom. The van der Waals surface area contributed by atoms with Gasteiger partial charge in [-0.15, -0.1) is 0 Å². The topological polar surface area (TPSA) is 55.1 Å². The van der Waals surface area contributed by atoms with Gasteiger partial charge in [-0.25, -0.2) is 0 Å². The van der Waals surface area contributed by atoms with Crippen LogP contribution in [0.4, 0.5) is 0 Å². The van der Waals surface area contributed by atoms with E-state index in [-0.39, 0.29) is 5.91 Å². The van der Waals surface area contributed by atoms with E-state index in [4.69, 9.17) is 29.6 Å². The summed E-state index contributed by atoms with van der Waals surface area (Å²) in [4.78, 5) is 12.9. The molecule has 0 heterocycles. The van der Waals surface area contributed by atoms with Gasteiger partial charge in [-0.1, -0.05) is 62.6 Å². The Morgan fingerprint density at radius 1 is 1.24 bits per heavy atom. The summed E-state index contributed by atoms with van der Waals surface area (Å²) >= 11 is 11.0. The second kappa shape index (κ2) is 8.35. The average Bonchev–Trinajstić information content (AvgIpc) is 2.45. The smallest absolute Gasteiger partial charge is 0.233 e. The minimum absolute atomic E-state index is 0.0753. The predicted octanol–water partition coefficient (Wildman–Crippen LogP) is 3.83. The molecule has 0 radical (unpaired) electrons. The normalized spacial score (nSPS) is 11.2. The summed E-state index contributed by atoms with van der Waals surface area (Å²) in [7, 11) is 0. The van der Waals surface area contributed by atoms with Crippen molar-refractivity contribution in [1.82, 2.24) is 5.32 Å². The summed E-state index contributed by atoms with van der Waals surface area (Å²) < 4.78 is 0. The number of carbonyl (C=O) groups is 1. The van der Waals surface area contributed by atoms with Gasteiger partial charge in [0.25, 0.3) is 0 Å². The van der Waals surface area contributed by atoms with Crippen LogP contribution in [0.1, 0.15) is 45.1 Å². The number of rotatable bonds is 8. The maximum absolute atomic E-state index is 12.6. The van der Waals surface area contributed by atoms with Crippen LogP contribution in [-0.4, -0.2) is 10.9 Å². The second-order valence-corrected chi connectivity index (χ2v) is 6.13. The molecule has 1 rings (SSSR count). The molecule has 3 nitrogen and oxygen atoms in total. The van der Waals surface area contributed by atoms with Crippen molar-refractivity contribution in [3.05, 3.63) is 34.9 Å². The van der Waals surface area contributed by atoms with Gasteiger partial charge in [0.15, 0.2) is 0 Å². The molecule has 21 heavy (non-hydrogen) atoms. The number of carbonyl (C=O) groups excluding carboxylic acids is 1. The summed E-state index contributed by atoms with van der Waals surface area (Å²) in [5.41, 5.74) is 6.15. The molecular formula is C16H23ClN2OS. The first-order valence-corrected chi connectivity index (χ1v) is 8.07. The van der Waals surface area contributed by atoms with Crippen molar-refractivity contribution in [3.63, 3.8) is 0 Å². The molecule has 0 bridgehead atoms. The molecule has 1 aromatic carbocycles. The molecule has 0 atom stereocenters. The average molecular weight is 327 g/mol. The van der Waals surface area contributed by atoms with Crippen molar-refractivity contribution in [1.29, 1.82) is 0 Å². The minimum atomic E-state index is -0.731.